The topological polar surface area (TPSA) is 46.2 Å². The Bertz CT molecular complexity index is 411. The van der Waals surface area contributed by atoms with Crippen LogP contribution in [-0.4, -0.2) is 36.4 Å². The van der Waals surface area contributed by atoms with Crippen LogP contribution in [0, 0.1) is 0 Å². The summed E-state index contributed by atoms with van der Waals surface area (Å²) in [6.45, 7) is 2.39. The van der Waals surface area contributed by atoms with Gasteiger partial charge in [-0.1, -0.05) is 6.07 Å². The highest BCUT2D eigenvalue weighted by Gasteiger charge is 2.41. The van der Waals surface area contributed by atoms with Gasteiger partial charge in [-0.2, -0.15) is 0 Å². The first kappa shape index (κ1) is 13.5. The van der Waals surface area contributed by atoms with Crippen LogP contribution < -0.4 is 9.92 Å². The van der Waals surface area contributed by atoms with Gasteiger partial charge < -0.3 is 22.8 Å². The minimum atomic E-state index is -2.78. The second-order valence-electron chi connectivity index (χ2n) is 3.99. The van der Waals surface area contributed by atoms with Crippen molar-refractivity contribution in [2.45, 2.75) is 19.8 Å². The SMILES string of the molecule is CO[Si](OC)(OC)c1ccc2c(c1)COC(C)O2. The Balaban J connectivity index is 2.36. The van der Waals surface area contributed by atoms with Crippen LogP contribution in [0.2, 0.25) is 0 Å². The molecule has 18 heavy (non-hydrogen) atoms. The maximum Gasteiger partial charge on any atom is 0.536 e. The van der Waals surface area contributed by atoms with Crippen molar-refractivity contribution < 1.29 is 22.8 Å². The lowest BCUT2D eigenvalue weighted by molar-refractivity contribution is -0.0943. The molecule has 6 heteroatoms. The Morgan fingerprint density at radius 3 is 2.44 bits per heavy atom. The van der Waals surface area contributed by atoms with Crippen molar-refractivity contribution in [2.75, 3.05) is 21.3 Å². The molecule has 0 N–H and O–H groups in total. The van der Waals surface area contributed by atoms with Gasteiger partial charge in [-0.15, -0.1) is 0 Å². The average molecular weight is 270 g/mol. The molecule has 5 nitrogen and oxygen atoms in total. The highest BCUT2D eigenvalue weighted by molar-refractivity contribution is 6.75. The molecule has 2 rings (SSSR count). The Morgan fingerprint density at radius 2 is 1.83 bits per heavy atom. The van der Waals surface area contributed by atoms with E-state index in [0.717, 1.165) is 16.5 Å². The van der Waals surface area contributed by atoms with E-state index in [-0.39, 0.29) is 6.29 Å². The quantitative estimate of drug-likeness (QED) is 0.765. The van der Waals surface area contributed by atoms with Crippen molar-refractivity contribution in [3.05, 3.63) is 23.8 Å². The second-order valence-corrected chi connectivity index (χ2v) is 6.90. The maximum absolute atomic E-state index is 5.57. The molecule has 100 valence electrons. The smallest absolute Gasteiger partial charge is 0.465 e. The van der Waals surface area contributed by atoms with E-state index in [1.807, 2.05) is 25.1 Å². The summed E-state index contributed by atoms with van der Waals surface area (Å²) in [5, 5.41) is 0.899. The van der Waals surface area contributed by atoms with Gasteiger partial charge in [0.15, 0.2) is 6.29 Å². The molecular formula is C12H18O5Si. The predicted molar refractivity (Wildman–Crippen MR) is 67.7 cm³/mol. The zero-order valence-electron chi connectivity index (χ0n) is 11.1. The molecule has 0 saturated carbocycles. The highest BCUT2D eigenvalue weighted by Crippen LogP contribution is 2.25. The van der Waals surface area contributed by atoms with Gasteiger partial charge in [0.1, 0.15) is 5.75 Å². The predicted octanol–water partition coefficient (Wildman–Crippen LogP) is 1.03. The molecule has 1 aliphatic rings. The van der Waals surface area contributed by atoms with Crippen molar-refractivity contribution in [3.8, 4) is 5.75 Å². The van der Waals surface area contributed by atoms with Gasteiger partial charge in [0.25, 0.3) is 0 Å². The van der Waals surface area contributed by atoms with Gasteiger partial charge in [-0.05, 0) is 19.1 Å². The summed E-state index contributed by atoms with van der Waals surface area (Å²) in [7, 11) is 1.99. The first-order valence-corrected chi connectivity index (χ1v) is 7.45. The van der Waals surface area contributed by atoms with E-state index < -0.39 is 8.80 Å². The van der Waals surface area contributed by atoms with Crippen LogP contribution in [0.1, 0.15) is 12.5 Å². The Kier molecular flexibility index (Phi) is 4.03. The highest BCUT2D eigenvalue weighted by atomic mass is 28.4. The van der Waals surface area contributed by atoms with Crippen LogP contribution >= 0.6 is 0 Å². The molecule has 0 saturated heterocycles. The maximum atomic E-state index is 5.57. The van der Waals surface area contributed by atoms with Crippen molar-refractivity contribution in [3.63, 3.8) is 0 Å². The fraction of sp³-hybridized carbons (Fsp3) is 0.500. The van der Waals surface area contributed by atoms with Gasteiger partial charge in [-0.25, -0.2) is 0 Å². The summed E-state index contributed by atoms with van der Waals surface area (Å²) >= 11 is 0. The molecule has 1 aromatic carbocycles. The number of benzene rings is 1. The van der Waals surface area contributed by atoms with Gasteiger partial charge in [-0.3, -0.25) is 0 Å². The van der Waals surface area contributed by atoms with E-state index in [4.69, 9.17) is 22.8 Å². The summed E-state index contributed by atoms with van der Waals surface area (Å²) in [5.74, 6) is 0.837. The van der Waals surface area contributed by atoms with Crippen LogP contribution in [0.25, 0.3) is 0 Å². The Morgan fingerprint density at radius 1 is 1.17 bits per heavy atom. The zero-order chi connectivity index (χ0) is 13.2. The lowest BCUT2D eigenvalue weighted by Gasteiger charge is -2.28. The fourth-order valence-corrected chi connectivity index (χ4v) is 3.87. The largest absolute Gasteiger partial charge is 0.536 e. The minimum Gasteiger partial charge on any atom is -0.465 e. The van der Waals surface area contributed by atoms with E-state index in [9.17, 15) is 0 Å². The summed E-state index contributed by atoms with van der Waals surface area (Å²) in [6.07, 6.45) is -0.211. The number of hydrogen-bond acceptors (Lipinski definition) is 5. The molecule has 1 unspecified atom stereocenters. The van der Waals surface area contributed by atoms with E-state index in [2.05, 4.69) is 0 Å². The van der Waals surface area contributed by atoms with Crippen LogP contribution in [0.4, 0.5) is 0 Å². The molecule has 1 atom stereocenters. The second kappa shape index (κ2) is 5.37. The number of fused-ring (bicyclic) bond motifs is 1. The molecule has 0 fully saturated rings. The molecule has 1 heterocycles. The van der Waals surface area contributed by atoms with Gasteiger partial charge >= 0.3 is 8.80 Å². The molecule has 0 radical (unpaired) electrons. The van der Waals surface area contributed by atoms with E-state index in [1.54, 1.807) is 21.3 Å². The monoisotopic (exact) mass is 270 g/mol. The lowest BCUT2D eigenvalue weighted by Crippen LogP contribution is -2.54. The number of hydrogen-bond donors (Lipinski definition) is 0. The first-order chi connectivity index (χ1) is 8.65. The molecule has 1 aliphatic heterocycles. The van der Waals surface area contributed by atoms with Crippen LogP contribution in [-0.2, 0) is 24.6 Å². The van der Waals surface area contributed by atoms with Crippen molar-refractivity contribution in [2.24, 2.45) is 0 Å². The lowest BCUT2D eigenvalue weighted by atomic mass is 10.2. The third-order valence-corrected chi connectivity index (χ3v) is 5.62. The van der Waals surface area contributed by atoms with E-state index >= 15 is 0 Å². The summed E-state index contributed by atoms with van der Waals surface area (Å²) < 4.78 is 27.4. The van der Waals surface area contributed by atoms with Crippen molar-refractivity contribution in [1.29, 1.82) is 0 Å². The fourth-order valence-electron chi connectivity index (χ4n) is 2.02. The van der Waals surface area contributed by atoms with Crippen LogP contribution in [0.15, 0.2) is 18.2 Å². The zero-order valence-corrected chi connectivity index (χ0v) is 12.1. The standard InChI is InChI=1S/C12H18O5Si/c1-9-16-8-10-7-11(5-6-12(10)17-9)18(13-2,14-3)15-4/h5-7,9H,8H2,1-4H3. The Labute approximate surface area is 108 Å². The third kappa shape index (κ3) is 2.30. The van der Waals surface area contributed by atoms with Crippen LogP contribution in [0.3, 0.4) is 0 Å². The number of rotatable bonds is 4. The molecule has 0 amide bonds. The number of ether oxygens (including phenoxy) is 2. The summed E-state index contributed by atoms with van der Waals surface area (Å²) in [4.78, 5) is 0. The van der Waals surface area contributed by atoms with Gasteiger partial charge in [0.05, 0.1) is 6.61 Å². The molecule has 1 aromatic rings. The molecule has 0 aliphatic carbocycles. The van der Waals surface area contributed by atoms with Gasteiger partial charge in [0, 0.05) is 32.1 Å². The van der Waals surface area contributed by atoms with E-state index in [1.165, 1.54) is 0 Å². The van der Waals surface area contributed by atoms with Crippen LogP contribution in [0.5, 0.6) is 5.75 Å². The summed E-state index contributed by atoms with van der Waals surface area (Å²) in [6, 6.07) is 5.78. The normalized spacial score (nSPS) is 19.2. The summed E-state index contributed by atoms with van der Waals surface area (Å²) in [5.41, 5.74) is 0.980. The minimum absolute atomic E-state index is 0.211. The Hall–Kier alpha value is -0.923. The van der Waals surface area contributed by atoms with Crippen molar-refractivity contribution >= 4 is 14.0 Å². The van der Waals surface area contributed by atoms with E-state index in [0.29, 0.717) is 6.61 Å². The molecular weight excluding hydrogens is 252 g/mol. The van der Waals surface area contributed by atoms with Gasteiger partial charge in [0.2, 0.25) is 0 Å². The third-order valence-electron chi connectivity index (χ3n) is 2.99. The first-order valence-electron chi connectivity index (χ1n) is 5.72. The molecule has 0 aromatic heterocycles. The molecule has 0 spiro atoms. The average Bonchev–Trinajstić information content (AvgIpc) is 2.41. The molecule has 0 bridgehead atoms. The van der Waals surface area contributed by atoms with Crippen molar-refractivity contribution in [1.82, 2.24) is 0 Å².